The fraction of sp³-hybridized carbons (Fsp3) is 0.286. The molecule has 3 heterocycles. The summed E-state index contributed by atoms with van der Waals surface area (Å²) in [6.45, 7) is 2.39. The normalized spacial score (nSPS) is 16.7. The highest BCUT2D eigenvalue weighted by Crippen LogP contribution is 2.26. The van der Waals surface area contributed by atoms with Crippen LogP contribution in [0.25, 0.3) is 5.65 Å². The molecule has 4 rings (SSSR count). The number of imidazole rings is 1. The number of aromatic nitrogens is 2. The van der Waals surface area contributed by atoms with Crippen LogP contribution >= 0.6 is 0 Å². The average Bonchev–Trinajstić information content (AvgIpc) is 3.27. The lowest BCUT2D eigenvalue weighted by Crippen LogP contribution is -2.34. The number of carbonyl (C=O) groups excluding carboxylic acids is 2. The number of aryl methyl sites for hydroxylation is 1. The summed E-state index contributed by atoms with van der Waals surface area (Å²) in [4.78, 5) is 30.7. The molecule has 0 spiro atoms. The predicted molar refractivity (Wildman–Crippen MR) is 104 cm³/mol. The van der Waals surface area contributed by atoms with Gasteiger partial charge in [-0.25, -0.2) is 9.37 Å². The standard InChI is InChI=1S/C21H21FN4O2/c1-14-5-6-17(11-18(14)22)26-12-15(10-20(26)27)21(28)23-8-7-16-13-25-9-3-2-4-19(25)24-16/h2-6,9,11,13,15H,7-8,10,12H2,1H3,(H,23,28)/t15-/m0/s1. The molecular formula is C21H21FN4O2. The van der Waals surface area contributed by atoms with E-state index in [1.165, 1.54) is 11.0 Å². The largest absolute Gasteiger partial charge is 0.355 e. The van der Waals surface area contributed by atoms with E-state index in [1.807, 2.05) is 35.0 Å². The first-order valence-corrected chi connectivity index (χ1v) is 9.28. The summed E-state index contributed by atoms with van der Waals surface area (Å²) in [6, 6.07) is 10.5. The molecule has 1 fully saturated rings. The van der Waals surface area contributed by atoms with E-state index in [0.717, 1.165) is 11.3 Å². The fourth-order valence-corrected chi connectivity index (χ4v) is 3.45. The molecule has 1 aliphatic rings. The molecule has 0 bridgehead atoms. The summed E-state index contributed by atoms with van der Waals surface area (Å²) in [5.41, 5.74) is 2.78. The first kappa shape index (κ1) is 18.2. The molecule has 0 unspecified atom stereocenters. The van der Waals surface area contributed by atoms with Crippen LogP contribution in [0, 0.1) is 18.7 Å². The number of fused-ring (bicyclic) bond motifs is 1. The van der Waals surface area contributed by atoms with E-state index in [9.17, 15) is 14.0 Å². The Bertz CT molecular complexity index is 1010. The second-order valence-electron chi connectivity index (χ2n) is 7.08. The first-order chi connectivity index (χ1) is 13.5. The van der Waals surface area contributed by atoms with Gasteiger partial charge in [-0.15, -0.1) is 0 Å². The molecule has 1 saturated heterocycles. The second kappa shape index (κ2) is 7.42. The van der Waals surface area contributed by atoms with Crippen molar-refractivity contribution in [2.75, 3.05) is 18.0 Å². The van der Waals surface area contributed by atoms with Gasteiger partial charge in [0.05, 0.1) is 11.6 Å². The lowest BCUT2D eigenvalue weighted by Gasteiger charge is -2.17. The van der Waals surface area contributed by atoms with Gasteiger partial charge in [0.15, 0.2) is 0 Å². The number of nitrogens with zero attached hydrogens (tertiary/aromatic N) is 3. The number of anilines is 1. The Labute approximate surface area is 162 Å². The number of hydrogen-bond donors (Lipinski definition) is 1. The Morgan fingerprint density at radius 1 is 1.32 bits per heavy atom. The summed E-state index contributed by atoms with van der Waals surface area (Å²) < 4.78 is 15.7. The van der Waals surface area contributed by atoms with Crippen molar-refractivity contribution in [1.82, 2.24) is 14.7 Å². The number of benzene rings is 1. The highest BCUT2D eigenvalue weighted by Gasteiger charge is 2.35. The summed E-state index contributed by atoms with van der Waals surface area (Å²) in [6.07, 6.45) is 4.61. The van der Waals surface area contributed by atoms with Crippen molar-refractivity contribution in [3.63, 3.8) is 0 Å². The third-order valence-corrected chi connectivity index (χ3v) is 5.06. The van der Waals surface area contributed by atoms with Gasteiger partial charge in [0.2, 0.25) is 11.8 Å². The van der Waals surface area contributed by atoms with E-state index in [0.29, 0.717) is 24.2 Å². The van der Waals surface area contributed by atoms with Crippen LogP contribution in [0.1, 0.15) is 17.7 Å². The Kier molecular flexibility index (Phi) is 4.81. The average molecular weight is 380 g/mol. The van der Waals surface area contributed by atoms with Crippen molar-refractivity contribution in [3.8, 4) is 0 Å². The van der Waals surface area contributed by atoms with Crippen molar-refractivity contribution in [3.05, 3.63) is 65.9 Å². The smallest absolute Gasteiger partial charge is 0.227 e. The maximum atomic E-state index is 13.8. The van der Waals surface area contributed by atoms with Gasteiger partial charge in [-0.2, -0.15) is 0 Å². The zero-order valence-electron chi connectivity index (χ0n) is 15.6. The van der Waals surface area contributed by atoms with Gasteiger partial charge in [0, 0.05) is 44.0 Å². The molecule has 144 valence electrons. The lowest BCUT2D eigenvalue weighted by atomic mass is 10.1. The van der Waals surface area contributed by atoms with Gasteiger partial charge >= 0.3 is 0 Å². The van der Waals surface area contributed by atoms with Crippen molar-refractivity contribution >= 4 is 23.1 Å². The minimum absolute atomic E-state index is 0.135. The number of pyridine rings is 1. The Hall–Kier alpha value is -3.22. The van der Waals surface area contributed by atoms with Crippen LogP contribution < -0.4 is 10.2 Å². The molecule has 6 nitrogen and oxygen atoms in total. The van der Waals surface area contributed by atoms with Crippen LogP contribution in [-0.4, -0.2) is 34.3 Å². The maximum Gasteiger partial charge on any atom is 0.227 e. The molecule has 0 saturated carbocycles. The van der Waals surface area contributed by atoms with E-state index < -0.39 is 5.92 Å². The van der Waals surface area contributed by atoms with Gasteiger partial charge in [0.1, 0.15) is 11.5 Å². The minimum Gasteiger partial charge on any atom is -0.355 e. The predicted octanol–water partition coefficient (Wildman–Crippen LogP) is 2.49. The number of halogens is 1. The Balaban J connectivity index is 1.33. The van der Waals surface area contributed by atoms with E-state index in [4.69, 9.17) is 0 Å². The molecule has 1 N–H and O–H groups in total. The van der Waals surface area contributed by atoms with Crippen LogP contribution in [0.4, 0.5) is 10.1 Å². The molecule has 7 heteroatoms. The summed E-state index contributed by atoms with van der Waals surface area (Å²) in [7, 11) is 0. The fourth-order valence-electron chi connectivity index (χ4n) is 3.45. The van der Waals surface area contributed by atoms with E-state index in [-0.39, 0.29) is 30.6 Å². The quantitative estimate of drug-likeness (QED) is 0.740. The number of rotatable bonds is 5. The Morgan fingerprint density at radius 2 is 2.18 bits per heavy atom. The first-order valence-electron chi connectivity index (χ1n) is 9.28. The van der Waals surface area contributed by atoms with Crippen LogP contribution in [0.3, 0.4) is 0 Å². The molecule has 1 aliphatic heterocycles. The molecule has 28 heavy (non-hydrogen) atoms. The van der Waals surface area contributed by atoms with Crippen LogP contribution in [-0.2, 0) is 16.0 Å². The SMILES string of the molecule is Cc1ccc(N2C[C@@H](C(=O)NCCc3cn4ccccc4n3)CC2=O)cc1F. The van der Waals surface area contributed by atoms with Crippen molar-refractivity contribution in [2.45, 2.75) is 19.8 Å². The minimum atomic E-state index is -0.432. The van der Waals surface area contributed by atoms with Crippen molar-refractivity contribution in [2.24, 2.45) is 5.92 Å². The maximum absolute atomic E-state index is 13.8. The van der Waals surface area contributed by atoms with Gasteiger partial charge in [-0.3, -0.25) is 9.59 Å². The van der Waals surface area contributed by atoms with Crippen LogP contribution in [0.15, 0.2) is 48.8 Å². The number of hydrogen-bond acceptors (Lipinski definition) is 3. The third-order valence-electron chi connectivity index (χ3n) is 5.06. The zero-order chi connectivity index (χ0) is 19.7. The van der Waals surface area contributed by atoms with Crippen molar-refractivity contribution < 1.29 is 14.0 Å². The van der Waals surface area contributed by atoms with E-state index in [1.54, 1.807) is 19.1 Å². The summed E-state index contributed by atoms with van der Waals surface area (Å²) >= 11 is 0. The molecule has 0 radical (unpaired) electrons. The molecule has 1 atom stereocenters. The van der Waals surface area contributed by atoms with Crippen molar-refractivity contribution in [1.29, 1.82) is 0 Å². The Morgan fingerprint density at radius 3 is 2.96 bits per heavy atom. The van der Waals surface area contributed by atoms with E-state index >= 15 is 0 Å². The molecule has 2 aromatic heterocycles. The zero-order valence-corrected chi connectivity index (χ0v) is 15.6. The van der Waals surface area contributed by atoms with Crippen LogP contribution in [0.5, 0.6) is 0 Å². The van der Waals surface area contributed by atoms with Gasteiger partial charge in [0.25, 0.3) is 0 Å². The summed E-state index contributed by atoms with van der Waals surface area (Å²) in [5.74, 6) is -1.11. The van der Waals surface area contributed by atoms with E-state index in [2.05, 4.69) is 10.3 Å². The highest BCUT2D eigenvalue weighted by atomic mass is 19.1. The molecular weight excluding hydrogens is 359 g/mol. The van der Waals surface area contributed by atoms with Gasteiger partial charge in [-0.1, -0.05) is 12.1 Å². The highest BCUT2D eigenvalue weighted by molar-refractivity contribution is 6.00. The topological polar surface area (TPSA) is 66.7 Å². The summed E-state index contributed by atoms with van der Waals surface area (Å²) in [5, 5.41) is 2.89. The number of nitrogens with one attached hydrogen (secondary N) is 1. The molecule has 0 aliphatic carbocycles. The lowest BCUT2D eigenvalue weighted by molar-refractivity contribution is -0.126. The van der Waals surface area contributed by atoms with Gasteiger partial charge in [-0.05, 0) is 36.8 Å². The van der Waals surface area contributed by atoms with Crippen LogP contribution in [0.2, 0.25) is 0 Å². The molecule has 3 aromatic rings. The van der Waals surface area contributed by atoms with Gasteiger partial charge < -0.3 is 14.6 Å². The number of carbonyl (C=O) groups is 2. The molecule has 2 amide bonds. The second-order valence-corrected chi connectivity index (χ2v) is 7.08. The molecule has 1 aromatic carbocycles. The monoisotopic (exact) mass is 380 g/mol. The third kappa shape index (κ3) is 3.60. The number of amides is 2.